The van der Waals surface area contributed by atoms with Crippen LogP contribution in [0, 0.1) is 5.41 Å². The second kappa shape index (κ2) is 8.03. The molecule has 1 fully saturated rings. The molecule has 1 aromatic carbocycles. The van der Waals surface area contributed by atoms with E-state index < -0.39 is 0 Å². The van der Waals surface area contributed by atoms with Crippen LogP contribution in [-0.2, 0) is 6.42 Å². The molecule has 0 atom stereocenters. The van der Waals surface area contributed by atoms with Crippen molar-refractivity contribution in [1.29, 1.82) is 0 Å². The molecule has 1 saturated heterocycles. The Labute approximate surface area is 201 Å². The van der Waals surface area contributed by atoms with E-state index in [4.69, 9.17) is 4.98 Å². The van der Waals surface area contributed by atoms with Gasteiger partial charge in [0, 0.05) is 36.8 Å². The number of Topliss-reactive ketones (excluding diaryl/α,β-unsaturated/α-hetero) is 1. The fourth-order valence-corrected chi connectivity index (χ4v) is 5.25. The summed E-state index contributed by atoms with van der Waals surface area (Å²) in [4.78, 5) is 20.7. The Morgan fingerprint density at radius 3 is 2.59 bits per heavy atom. The highest BCUT2D eigenvalue weighted by Gasteiger charge is 2.37. The van der Waals surface area contributed by atoms with E-state index in [0.29, 0.717) is 0 Å². The van der Waals surface area contributed by atoms with Gasteiger partial charge in [-0.15, -0.1) is 0 Å². The number of ketones is 1. The average molecular weight is 451 g/mol. The zero-order valence-corrected chi connectivity index (χ0v) is 19.7. The quantitative estimate of drug-likeness (QED) is 0.383. The third-order valence-electron chi connectivity index (χ3n) is 7.58. The fourth-order valence-electron chi connectivity index (χ4n) is 5.25. The van der Waals surface area contributed by atoms with Gasteiger partial charge in [-0.3, -0.25) is 9.78 Å². The van der Waals surface area contributed by atoms with Crippen LogP contribution in [0.5, 0.6) is 0 Å². The number of piperidine rings is 1. The van der Waals surface area contributed by atoms with Crippen molar-refractivity contribution in [2.24, 2.45) is 5.41 Å². The van der Waals surface area contributed by atoms with Crippen molar-refractivity contribution in [3.63, 3.8) is 0 Å². The van der Waals surface area contributed by atoms with Crippen LogP contribution in [0.15, 0.2) is 73.2 Å². The van der Waals surface area contributed by atoms with Crippen LogP contribution in [-0.4, -0.2) is 45.4 Å². The molecule has 6 rings (SSSR count). The van der Waals surface area contributed by atoms with Crippen molar-refractivity contribution in [3.05, 3.63) is 95.6 Å². The Hall–Kier alpha value is -3.57. The van der Waals surface area contributed by atoms with Gasteiger partial charge in [0.1, 0.15) is 0 Å². The molecule has 0 unspecified atom stereocenters. The molecule has 5 heteroatoms. The van der Waals surface area contributed by atoms with Gasteiger partial charge in [0.25, 0.3) is 0 Å². The first kappa shape index (κ1) is 21.0. The molecule has 0 spiro atoms. The molecule has 0 N–H and O–H groups in total. The van der Waals surface area contributed by atoms with Crippen molar-refractivity contribution < 1.29 is 6.22 Å². The lowest BCUT2D eigenvalue weighted by atomic mass is 9.75. The molecule has 0 radical (unpaired) electrons. The SMILES string of the molecule is CN1CCC(C)(C(=O)c2cnn3ccc(C4=CCc5ncc(-c6ccccc6)cc54)cc23)CC1.[HH]. The number of fused-ring (bicyclic) bond motifs is 2. The van der Waals surface area contributed by atoms with Gasteiger partial charge in [-0.1, -0.05) is 43.3 Å². The van der Waals surface area contributed by atoms with Crippen molar-refractivity contribution in [1.82, 2.24) is 19.5 Å². The van der Waals surface area contributed by atoms with Gasteiger partial charge in [0.05, 0.1) is 23.0 Å². The third kappa shape index (κ3) is 3.48. The first-order valence-corrected chi connectivity index (χ1v) is 12.0. The van der Waals surface area contributed by atoms with Gasteiger partial charge in [0.15, 0.2) is 5.78 Å². The molecule has 172 valence electrons. The molecule has 2 aliphatic rings. The highest BCUT2D eigenvalue weighted by atomic mass is 16.1. The molecular formula is C29H30N4O. The number of hydrogen-bond donors (Lipinski definition) is 0. The number of hydrogen-bond acceptors (Lipinski definition) is 4. The number of carbonyl (C=O) groups is 1. The van der Waals surface area contributed by atoms with Gasteiger partial charge in [-0.2, -0.15) is 5.10 Å². The number of carbonyl (C=O) groups excluding carboxylic acids is 1. The van der Waals surface area contributed by atoms with E-state index in [0.717, 1.165) is 65.8 Å². The van der Waals surface area contributed by atoms with E-state index in [1.807, 2.05) is 23.0 Å². The van der Waals surface area contributed by atoms with Crippen LogP contribution in [0.25, 0.3) is 22.2 Å². The van der Waals surface area contributed by atoms with E-state index in [1.165, 1.54) is 11.1 Å². The summed E-state index contributed by atoms with van der Waals surface area (Å²) >= 11 is 0. The minimum atomic E-state index is -0.334. The second-order valence-electron chi connectivity index (χ2n) is 9.90. The summed E-state index contributed by atoms with van der Waals surface area (Å²) < 4.78 is 1.82. The Morgan fingerprint density at radius 2 is 1.79 bits per heavy atom. The molecule has 1 aliphatic carbocycles. The summed E-state index contributed by atoms with van der Waals surface area (Å²) in [5.41, 5.74) is 8.08. The molecule has 0 saturated carbocycles. The van der Waals surface area contributed by atoms with E-state index in [9.17, 15) is 4.79 Å². The molecule has 3 aromatic heterocycles. The molecule has 4 aromatic rings. The summed E-state index contributed by atoms with van der Waals surface area (Å²) in [6, 6.07) is 16.8. The zero-order chi connectivity index (χ0) is 23.3. The van der Waals surface area contributed by atoms with Gasteiger partial charge >= 0.3 is 0 Å². The van der Waals surface area contributed by atoms with Gasteiger partial charge in [-0.25, -0.2) is 4.52 Å². The first-order chi connectivity index (χ1) is 16.5. The predicted molar refractivity (Wildman–Crippen MR) is 137 cm³/mol. The van der Waals surface area contributed by atoms with Crippen molar-refractivity contribution >= 4 is 16.9 Å². The smallest absolute Gasteiger partial charge is 0.172 e. The summed E-state index contributed by atoms with van der Waals surface area (Å²) in [7, 11) is 2.12. The highest BCUT2D eigenvalue weighted by Crippen LogP contribution is 2.37. The first-order valence-electron chi connectivity index (χ1n) is 12.0. The van der Waals surface area contributed by atoms with Crippen molar-refractivity contribution in [2.45, 2.75) is 26.2 Å². The number of pyridine rings is 2. The highest BCUT2D eigenvalue weighted by molar-refractivity contribution is 6.06. The normalized spacial score (nSPS) is 17.5. The Balaban J connectivity index is 0.00000253. The minimum absolute atomic E-state index is 0. The maximum Gasteiger partial charge on any atom is 0.172 e. The largest absolute Gasteiger partial charge is 0.306 e. The Morgan fingerprint density at radius 1 is 1.00 bits per heavy atom. The minimum Gasteiger partial charge on any atom is -0.306 e. The van der Waals surface area contributed by atoms with Crippen LogP contribution in [0.1, 0.15) is 48.4 Å². The van der Waals surface area contributed by atoms with E-state index in [-0.39, 0.29) is 12.6 Å². The fraction of sp³-hybridized carbons (Fsp3) is 0.276. The third-order valence-corrected chi connectivity index (χ3v) is 7.58. The lowest BCUT2D eigenvalue weighted by molar-refractivity contribution is 0.0680. The second-order valence-corrected chi connectivity index (χ2v) is 9.90. The lowest BCUT2D eigenvalue weighted by Crippen LogP contribution is -2.41. The number of rotatable bonds is 4. The number of nitrogens with zero attached hydrogens (tertiary/aromatic N) is 4. The van der Waals surface area contributed by atoms with Crippen molar-refractivity contribution in [3.8, 4) is 11.1 Å². The van der Waals surface area contributed by atoms with Gasteiger partial charge in [-0.05, 0) is 67.9 Å². The Bertz CT molecular complexity index is 1430. The summed E-state index contributed by atoms with van der Waals surface area (Å²) in [6.07, 6.45) is 10.5. The topological polar surface area (TPSA) is 50.5 Å². The molecule has 4 heterocycles. The summed E-state index contributed by atoms with van der Waals surface area (Å²) in [6.45, 7) is 4.02. The number of benzene rings is 1. The van der Waals surface area contributed by atoms with Crippen LogP contribution < -0.4 is 0 Å². The summed E-state index contributed by atoms with van der Waals surface area (Å²) in [5.74, 6) is 0.210. The molecular weight excluding hydrogens is 420 g/mol. The molecule has 34 heavy (non-hydrogen) atoms. The number of aromatic nitrogens is 3. The van der Waals surface area contributed by atoms with Crippen LogP contribution in [0.3, 0.4) is 0 Å². The molecule has 0 bridgehead atoms. The van der Waals surface area contributed by atoms with Crippen LogP contribution in [0.4, 0.5) is 0 Å². The van der Waals surface area contributed by atoms with E-state index >= 15 is 0 Å². The van der Waals surface area contributed by atoms with E-state index in [1.54, 1.807) is 6.20 Å². The van der Waals surface area contributed by atoms with E-state index in [2.05, 4.69) is 72.5 Å². The zero-order valence-electron chi connectivity index (χ0n) is 19.7. The Kier molecular flexibility index (Phi) is 4.96. The molecule has 5 nitrogen and oxygen atoms in total. The lowest BCUT2D eigenvalue weighted by Gasteiger charge is -2.36. The molecule has 0 amide bonds. The molecule has 1 aliphatic heterocycles. The predicted octanol–water partition coefficient (Wildman–Crippen LogP) is 5.54. The number of likely N-dealkylation sites (tertiary alicyclic amines) is 1. The van der Waals surface area contributed by atoms with Crippen molar-refractivity contribution in [2.75, 3.05) is 20.1 Å². The van der Waals surface area contributed by atoms with Gasteiger partial charge < -0.3 is 4.90 Å². The average Bonchev–Trinajstić information content (AvgIpc) is 3.49. The monoisotopic (exact) mass is 450 g/mol. The van der Waals surface area contributed by atoms with Gasteiger partial charge in [0.2, 0.25) is 0 Å². The van der Waals surface area contributed by atoms with Crippen LogP contribution >= 0.6 is 0 Å². The summed E-state index contributed by atoms with van der Waals surface area (Å²) in [5, 5.41) is 4.50. The standard InChI is InChI=1S/C29H28N4O.H2/c1-29(11-14-32(2)15-12-29)28(34)25-19-31-33-13-10-21(17-27(25)33)23-8-9-26-24(23)16-22(18-30-26)20-6-4-3-5-7-20;/h3-8,10,13,16-19H,9,11-12,14-15H2,1-2H3;1H. The maximum absolute atomic E-state index is 13.6. The number of allylic oxidation sites excluding steroid dienone is 1. The maximum atomic E-state index is 13.6. The van der Waals surface area contributed by atoms with Crippen LogP contribution in [0.2, 0.25) is 0 Å².